The number of carbonyl (C=O) groups is 4. The summed E-state index contributed by atoms with van der Waals surface area (Å²) in [7, 11) is 1.26. The quantitative estimate of drug-likeness (QED) is 0.391. The van der Waals surface area contributed by atoms with Crippen LogP contribution in [-0.2, 0) is 40.4 Å². The lowest BCUT2D eigenvalue weighted by Crippen LogP contribution is -2.64. The molecule has 3 aliphatic heterocycles. The van der Waals surface area contributed by atoms with E-state index in [0.29, 0.717) is 50.5 Å². The third-order valence-corrected chi connectivity index (χ3v) is 10.0. The molecule has 1 N–H and O–H groups in total. The number of amides is 3. The van der Waals surface area contributed by atoms with Crippen molar-refractivity contribution in [2.45, 2.75) is 77.1 Å². The standard InChI is InChI=1S/C38H52FN5O7/c1-25-19-42(30(20-41-14-15-50-23-26(41)2)21-43(25)36(48)51-37(3,4)5)22-33(45)44-24-38(6,35(47)40-18-34(46)49-7)31-13-10-28(17-32(31)44)16-27-8-11-29(39)12-9-27/h8-13,17,25-26,30H,14-16,18-24H2,1-7H3,(H,40,47)/t25-,26+,30-,38+/m0/s1. The van der Waals surface area contributed by atoms with Crippen molar-refractivity contribution in [3.8, 4) is 0 Å². The van der Waals surface area contributed by atoms with Crippen molar-refractivity contribution in [3.05, 3.63) is 65.0 Å². The molecule has 13 heteroatoms. The number of ether oxygens (including phenoxy) is 3. The summed E-state index contributed by atoms with van der Waals surface area (Å²) in [6, 6.07) is 11.8. The fraction of sp³-hybridized carbons (Fsp3) is 0.579. The number of rotatable bonds is 9. The number of methoxy groups -OCH3 is 1. The van der Waals surface area contributed by atoms with E-state index in [1.54, 1.807) is 28.9 Å². The third kappa shape index (κ3) is 9.06. The number of nitrogens with one attached hydrogen (secondary N) is 1. The fourth-order valence-corrected chi connectivity index (χ4v) is 7.15. The number of benzene rings is 2. The monoisotopic (exact) mass is 709 g/mol. The van der Waals surface area contributed by atoms with Crippen LogP contribution in [0.4, 0.5) is 14.9 Å². The molecular formula is C38H52FN5O7. The Kier molecular flexibility index (Phi) is 11.7. The first-order valence-electron chi connectivity index (χ1n) is 17.7. The van der Waals surface area contributed by atoms with Gasteiger partial charge in [-0.15, -0.1) is 0 Å². The van der Waals surface area contributed by atoms with Crippen LogP contribution in [0.25, 0.3) is 0 Å². The van der Waals surface area contributed by atoms with Crippen LogP contribution in [0.2, 0.25) is 0 Å². The van der Waals surface area contributed by atoms with E-state index in [1.165, 1.54) is 19.2 Å². The zero-order valence-electron chi connectivity index (χ0n) is 30.9. The van der Waals surface area contributed by atoms with Gasteiger partial charge in [-0.2, -0.15) is 0 Å². The number of nitrogens with zero attached hydrogens (tertiary/aromatic N) is 4. The lowest BCUT2D eigenvalue weighted by molar-refractivity contribution is -0.141. The highest BCUT2D eigenvalue weighted by Crippen LogP contribution is 2.42. The summed E-state index contributed by atoms with van der Waals surface area (Å²) in [6.07, 6.45) is 0.127. The molecule has 3 heterocycles. The number of piperazine rings is 1. The molecule has 5 rings (SSSR count). The second kappa shape index (κ2) is 15.7. The van der Waals surface area contributed by atoms with Gasteiger partial charge in [0.05, 0.1) is 32.3 Å². The molecule has 4 atom stereocenters. The molecule has 3 aliphatic rings. The van der Waals surface area contributed by atoms with E-state index < -0.39 is 22.9 Å². The normalized spacial score (nSPS) is 24.2. The molecule has 2 saturated heterocycles. The van der Waals surface area contributed by atoms with Crippen molar-refractivity contribution in [2.24, 2.45) is 0 Å². The van der Waals surface area contributed by atoms with Crippen LogP contribution >= 0.6 is 0 Å². The summed E-state index contributed by atoms with van der Waals surface area (Å²) in [4.78, 5) is 61.3. The van der Waals surface area contributed by atoms with Crippen LogP contribution in [0, 0.1) is 5.82 Å². The van der Waals surface area contributed by atoms with Gasteiger partial charge in [-0.25, -0.2) is 9.18 Å². The highest BCUT2D eigenvalue weighted by molar-refractivity contribution is 6.03. The Morgan fingerprint density at radius 2 is 1.71 bits per heavy atom. The fourth-order valence-electron chi connectivity index (χ4n) is 7.15. The molecule has 2 fully saturated rings. The molecule has 2 aromatic rings. The van der Waals surface area contributed by atoms with E-state index >= 15 is 0 Å². The molecule has 0 spiro atoms. The predicted octanol–water partition coefficient (Wildman–Crippen LogP) is 3.34. The molecule has 0 aromatic heterocycles. The Hall–Kier alpha value is -4.07. The lowest BCUT2D eigenvalue weighted by atomic mass is 9.83. The van der Waals surface area contributed by atoms with E-state index in [2.05, 4.69) is 22.0 Å². The summed E-state index contributed by atoms with van der Waals surface area (Å²) >= 11 is 0. The molecule has 0 bridgehead atoms. The van der Waals surface area contributed by atoms with Crippen molar-refractivity contribution in [1.29, 1.82) is 0 Å². The average molecular weight is 710 g/mol. The largest absolute Gasteiger partial charge is 0.468 e. The number of fused-ring (bicyclic) bond motifs is 1. The minimum atomic E-state index is -1.14. The summed E-state index contributed by atoms with van der Waals surface area (Å²) < 4.78 is 29.8. The van der Waals surface area contributed by atoms with Crippen molar-refractivity contribution in [2.75, 3.05) is 71.0 Å². The predicted molar refractivity (Wildman–Crippen MR) is 190 cm³/mol. The summed E-state index contributed by atoms with van der Waals surface area (Å²) in [5, 5.41) is 2.69. The van der Waals surface area contributed by atoms with Gasteiger partial charge in [0.15, 0.2) is 0 Å². The highest BCUT2D eigenvalue weighted by atomic mass is 19.1. The van der Waals surface area contributed by atoms with Gasteiger partial charge in [0.2, 0.25) is 11.8 Å². The Morgan fingerprint density at radius 1 is 1.00 bits per heavy atom. The van der Waals surface area contributed by atoms with E-state index in [9.17, 15) is 23.6 Å². The van der Waals surface area contributed by atoms with Gasteiger partial charge in [0, 0.05) is 56.5 Å². The van der Waals surface area contributed by atoms with Gasteiger partial charge in [-0.05, 0) is 82.9 Å². The average Bonchev–Trinajstić information content (AvgIpc) is 3.38. The van der Waals surface area contributed by atoms with Crippen molar-refractivity contribution in [1.82, 2.24) is 20.0 Å². The van der Waals surface area contributed by atoms with Crippen molar-refractivity contribution < 1.29 is 37.8 Å². The van der Waals surface area contributed by atoms with Gasteiger partial charge in [-0.3, -0.25) is 24.2 Å². The van der Waals surface area contributed by atoms with Gasteiger partial charge in [0.25, 0.3) is 0 Å². The van der Waals surface area contributed by atoms with Crippen molar-refractivity contribution in [3.63, 3.8) is 0 Å². The van der Waals surface area contributed by atoms with E-state index in [-0.39, 0.29) is 55.6 Å². The molecule has 0 radical (unpaired) electrons. The molecule has 2 aromatic carbocycles. The number of hydrogen-bond donors (Lipinski definition) is 1. The molecule has 12 nitrogen and oxygen atoms in total. The Labute approximate surface area is 300 Å². The number of carbonyl (C=O) groups excluding carboxylic acids is 4. The molecule has 278 valence electrons. The smallest absolute Gasteiger partial charge is 0.410 e. The maximum Gasteiger partial charge on any atom is 0.410 e. The summed E-state index contributed by atoms with van der Waals surface area (Å²) in [5.74, 6) is -1.47. The van der Waals surface area contributed by atoms with Gasteiger partial charge in [-0.1, -0.05) is 24.3 Å². The minimum Gasteiger partial charge on any atom is -0.468 e. The zero-order valence-corrected chi connectivity index (χ0v) is 30.9. The van der Waals surface area contributed by atoms with Crippen LogP contribution in [-0.4, -0.2) is 128 Å². The summed E-state index contributed by atoms with van der Waals surface area (Å²) in [5.41, 5.74) is 1.31. The van der Waals surface area contributed by atoms with Crippen LogP contribution < -0.4 is 10.2 Å². The first kappa shape index (κ1) is 38.2. The van der Waals surface area contributed by atoms with Crippen molar-refractivity contribution >= 4 is 29.6 Å². The molecule has 0 saturated carbocycles. The molecule has 51 heavy (non-hydrogen) atoms. The third-order valence-electron chi connectivity index (χ3n) is 10.0. The second-order valence-corrected chi connectivity index (χ2v) is 15.2. The summed E-state index contributed by atoms with van der Waals surface area (Å²) in [6.45, 7) is 14.7. The zero-order chi connectivity index (χ0) is 37.1. The Morgan fingerprint density at radius 3 is 2.37 bits per heavy atom. The van der Waals surface area contributed by atoms with Gasteiger partial charge >= 0.3 is 12.1 Å². The van der Waals surface area contributed by atoms with Crippen LogP contribution in [0.15, 0.2) is 42.5 Å². The number of halogens is 1. The molecular weight excluding hydrogens is 657 g/mol. The Balaban J connectivity index is 1.43. The number of anilines is 1. The first-order valence-corrected chi connectivity index (χ1v) is 17.7. The van der Waals surface area contributed by atoms with Crippen LogP contribution in [0.1, 0.15) is 58.2 Å². The molecule has 3 amide bonds. The number of morpholine rings is 1. The maximum atomic E-state index is 14.5. The van der Waals surface area contributed by atoms with E-state index in [0.717, 1.165) is 17.7 Å². The highest BCUT2D eigenvalue weighted by Gasteiger charge is 2.48. The topological polar surface area (TPSA) is 121 Å². The minimum absolute atomic E-state index is 0.0668. The number of esters is 1. The van der Waals surface area contributed by atoms with Crippen LogP contribution in [0.5, 0.6) is 0 Å². The molecule has 0 aliphatic carbocycles. The van der Waals surface area contributed by atoms with E-state index in [1.807, 2.05) is 45.9 Å². The van der Waals surface area contributed by atoms with Gasteiger partial charge in [0.1, 0.15) is 18.0 Å². The lowest BCUT2D eigenvalue weighted by Gasteiger charge is -2.47. The first-order chi connectivity index (χ1) is 24.1. The molecule has 0 unspecified atom stereocenters. The maximum absolute atomic E-state index is 14.5. The van der Waals surface area contributed by atoms with E-state index in [4.69, 9.17) is 14.2 Å². The SMILES string of the molecule is COC(=O)CNC(=O)[C@]1(C)CN(C(=O)CN2C[C@H](C)N(C(=O)OC(C)(C)C)C[C@@H]2CN2CCOC[C@H]2C)c2cc(Cc3ccc(F)cc3)ccc21. The van der Waals surface area contributed by atoms with Gasteiger partial charge < -0.3 is 29.3 Å². The number of hydrogen-bond acceptors (Lipinski definition) is 9. The Bertz CT molecular complexity index is 1600. The van der Waals surface area contributed by atoms with Crippen LogP contribution in [0.3, 0.4) is 0 Å². The second-order valence-electron chi connectivity index (χ2n) is 15.2.